The number of hydrogen-bond donors (Lipinski definition) is 1. The molecule has 0 saturated carbocycles. The summed E-state index contributed by atoms with van der Waals surface area (Å²) in [6.07, 6.45) is 4.89. The van der Waals surface area contributed by atoms with Gasteiger partial charge in [0.05, 0.1) is 21.2 Å². The smallest absolute Gasteiger partial charge is 0.255 e. The van der Waals surface area contributed by atoms with Crippen LogP contribution in [0.1, 0.15) is 56.3 Å². The van der Waals surface area contributed by atoms with Crippen LogP contribution in [0.3, 0.4) is 0 Å². The molecule has 0 aliphatic carbocycles. The summed E-state index contributed by atoms with van der Waals surface area (Å²) in [6.45, 7) is 6.95. The minimum absolute atomic E-state index is 0.124. The second kappa shape index (κ2) is 11.5. The molecule has 9 nitrogen and oxygen atoms in total. The molecule has 0 atom stereocenters. The Bertz CT molecular complexity index is 1310. The highest BCUT2D eigenvalue weighted by molar-refractivity contribution is 7.89. The summed E-state index contributed by atoms with van der Waals surface area (Å²) >= 11 is 0. The van der Waals surface area contributed by atoms with Crippen LogP contribution in [0.25, 0.3) is 0 Å². The second-order valence-corrected chi connectivity index (χ2v) is 13.3. The molecule has 11 heteroatoms. The Balaban J connectivity index is 1.63. The van der Waals surface area contributed by atoms with Gasteiger partial charge < -0.3 is 10.2 Å². The number of carbonyl (C=O) groups excluding carboxylic acids is 1. The first-order valence-electron chi connectivity index (χ1n) is 13.0. The van der Waals surface area contributed by atoms with Crippen molar-refractivity contribution in [1.82, 2.24) is 8.61 Å². The molecule has 1 amide bonds. The second-order valence-electron chi connectivity index (χ2n) is 9.41. The van der Waals surface area contributed by atoms with Gasteiger partial charge in [-0.1, -0.05) is 13.8 Å². The topological polar surface area (TPSA) is 107 Å². The van der Waals surface area contributed by atoms with E-state index in [-0.39, 0.29) is 9.79 Å². The van der Waals surface area contributed by atoms with Gasteiger partial charge in [-0.2, -0.15) is 8.61 Å². The summed E-state index contributed by atoms with van der Waals surface area (Å²) in [5, 5.41) is 2.90. The van der Waals surface area contributed by atoms with Gasteiger partial charge in [0.1, 0.15) is 0 Å². The van der Waals surface area contributed by atoms with E-state index in [0.717, 1.165) is 50.9 Å². The van der Waals surface area contributed by atoms with E-state index < -0.39 is 26.0 Å². The molecule has 2 aromatic rings. The molecule has 2 heterocycles. The van der Waals surface area contributed by atoms with Crippen molar-refractivity contribution in [3.63, 3.8) is 0 Å². The molecule has 0 bridgehead atoms. The van der Waals surface area contributed by atoms with E-state index in [4.69, 9.17) is 0 Å². The number of piperidine rings is 1. The number of nitrogens with one attached hydrogen (secondary N) is 1. The summed E-state index contributed by atoms with van der Waals surface area (Å²) in [4.78, 5) is 15.7. The third-order valence-electron chi connectivity index (χ3n) is 7.08. The Hall–Kier alpha value is -2.47. The molecular weight excluding hydrogens is 512 g/mol. The Morgan fingerprint density at radius 2 is 1.38 bits per heavy atom. The van der Waals surface area contributed by atoms with E-state index in [2.05, 4.69) is 10.2 Å². The first-order valence-corrected chi connectivity index (χ1v) is 15.9. The molecule has 2 aliphatic heterocycles. The lowest BCUT2D eigenvalue weighted by Gasteiger charge is -2.31. The number of sulfonamides is 2. The first kappa shape index (κ1) is 27.6. The monoisotopic (exact) mass is 548 g/mol. The molecule has 4 rings (SSSR count). The van der Waals surface area contributed by atoms with E-state index in [1.165, 1.54) is 38.9 Å². The Kier molecular flexibility index (Phi) is 8.57. The van der Waals surface area contributed by atoms with Crippen molar-refractivity contribution in [2.24, 2.45) is 0 Å². The summed E-state index contributed by atoms with van der Waals surface area (Å²) in [5.41, 5.74) is 1.50. The zero-order valence-corrected chi connectivity index (χ0v) is 23.2. The number of anilines is 2. The van der Waals surface area contributed by atoms with E-state index in [1.54, 1.807) is 26.0 Å². The Labute approximate surface area is 220 Å². The van der Waals surface area contributed by atoms with Crippen LogP contribution >= 0.6 is 0 Å². The summed E-state index contributed by atoms with van der Waals surface area (Å²) in [5.74, 6) is -0.430. The average Bonchev–Trinajstić information content (AvgIpc) is 3.46. The molecule has 0 aromatic heterocycles. The van der Waals surface area contributed by atoms with Crippen molar-refractivity contribution >= 4 is 37.3 Å². The summed E-state index contributed by atoms with van der Waals surface area (Å²) < 4.78 is 54.8. The molecular formula is C26H36N4O5S2. The number of rotatable bonds is 9. The van der Waals surface area contributed by atoms with Crippen molar-refractivity contribution in [2.45, 2.75) is 55.7 Å². The number of carbonyl (C=O) groups is 1. The first-order chi connectivity index (χ1) is 17.7. The van der Waals surface area contributed by atoms with E-state index in [9.17, 15) is 21.6 Å². The SMILES string of the molecule is CCN(CC)S(=O)(=O)c1ccc(N2CCCCC2)c(NC(=O)c2ccc(S(=O)(=O)N3CCCC3)cc2)c1. The predicted molar refractivity (Wildman–Crippen MR) is 145 cm³/mol. The van der Waals surface area contributed by atoms with Gasteiger partial charge in [-0.25, -0.2) is 16.8 Å². The molecule has 0 unspecified atom stereocenters. The van der Waals surface area contributed by atoms with Crippen molar-refractivity contribution in [3.05, 3.63) is 48.0 Å². The molecule has 2 aromatic carbocycles. The van der Waals surface area contributed by atoms with Crippen molar-refractivity contribution in [1.29, 1.82) is 0 Å². The lowest BCUT2D eigenvalue weighted by atomic mass is 10.1. The number of hydrogen-bond acceptors (Lipinski definition) is 6. The van der Waals surface area contributed by atoms with Crippen molar-refractivity contribution in [3.8, 4) is 0 Å². The highest BCUT2D eigenvalue weighted by Crippen LogP contribution is 2.32. The van der Waals surface area contributed by atoms with Gasteiger partial charge >= 0.3 is 0 Å². The molecule has 2 fully saturated rings. The fourth-order valence-electron chi connectivity index (χ4n) is 4.95. The van der Waals surface area contributed by atoms with E-state index in [1.807, 2.05) is 0 Å². The fraction of sp³-hybridized carbons (Fsp3) is 0.500. The minimum atomic E-state index is -3.71. The summed E-state index contributed by atoms with van der Waals surface area (Å²) in [6, 6.07) is 10.8. The van der Waals surface area contributed by atoms with Gasteiger partial charge in [0.25, 0.3) is 5.91 Å². The number of amides is 1. The van der Waals surface area contributed by atoms with Gasteiger partial charge in [-0.15, -0.1) is 0 Å². The summed E-state index contributed by atoms with van der Waals surface area (Å²) in [7, 11) is -7.28. The number of nitrogens with zero attached hydrogens (tertiary/aromatic N) is 3. The Morgan fingerprint density at radius 3 is 1.97 bits per heavy atom. The van der Waals surface area contributed by atoms with Gasteiger partial charge in [0, 0.05) is 44.8 Å². The quantitative estimate of drug-likeness (QED) is 0.512. The van der Waals surface area contributed by atoms with Gasteiger partial charge in [0.15, 0.2) is 0 Å². The molecule has 37 heavy (non-hydrogen) atoms. The standard InChI is InChI=1S/C26H36N4O5S2/c1-3-29(4-2)37(34,35)23-14-15-25(28-16-6-5-7-17-28)24(20-23)27-26(31)21-10-12-22(13-11-21)36(32,33)30-18-8-9-19-30/h10-15,20H,3-9,16-19H2,1-2H3,(H,27,31). The zero-order valence-electron chi connectivity index (χ0n) is 21.5. The zero-order chi connectivity index (χ0) is 26.6. The van der Waals surface area contributed by atoms with Gasteiger partial charge in [-0.05, 0) is 74.6 Å². The molecule has 1 N–H and O–H groups in total. The average molecular weight is 549 g/mol. The lowest BCUT2D eigenvalue weighted by Crippen LogP contribution is -2.32. The van der Waals surface area contributed by atoms with E-state index >= 15 is 0 Å². The Morgan fingerprint density at radius 1 is 0.811 bits per heavy atom. The fourth-order valence-corrected chi connectivity index (χ4v) is 7.95. The van der Waals surface area contributed by atoms with Crippen LogP contribution in [0.4, 0.5) is 11.4 Å². The van der Waals surface area contributed by atoms with Crippen LogP contribution < -0.4 is 10.2 Å². The maximum Gasteiger partial charge on any atom is 0.255 e. The minimum Gasteiger partial charge on any atom is -0.370 e. The molecule has 2 saturated heterocycles. The highest BCUT2D eigenvalue weighted by Gasteiger charge is 2.28. The lowest BCUT2D eigenvalue weighted by molar-refractivity contribution is 0.102. The predicted octanol–water partition coefficient (Wildman–Crippen LogP) is 3.74. The third kappa shape index (κ3) is 5.84. The number of benzene rings is 2. The van der Waals surface area contributed by atoms with Crippen molar-refractivity contribution in [2.75, 3.05) is 49.5 Å². The third-order valence-corrected chi connectivity index (χ3v) is 11.0. The van der Waals surface area contributed by atoms with Crippen LogP contribution in [0.15, 0.2) is 52.3 Å². The normalized spacial score (nSPS) is 17.3. The van der Waals surface area contributed by atoms with Gasteiger partial charge in [0.2, 0.25) is 20.0 Å². The van der Waals surface area contributed by atoms with Crippen LogP contribution in [-0.4, -0.2) is 70.6 Å². The maximum atomic E-state index is 13.2. The molecule has 0 spiro atoms. The molecule has 2 aliphatic rings. The van der Waals surface area contributed by atoms with Crippen LogP contribution in [0, 0.1) is 0 Å². The maximum absolute atomic E-state index is 13.2. The molecule has 202 valence electrons. The van der Waals surface area contributed by atoms with Crippen LogP contribution in [-0.2, 0) is 20.0 Å². The molecule has 0 radical (unpaired) electrons. The van der Waals surface area contributed by atoms with Gasteiger partial charge in [-0.3, -0.25) is 4.79 Å². The highest BCUT2D eigenvalue weighted by atomic mass is 32.2. The largest absolute Gasteiger partial charge is 0.370 e. The van der Waals surface area contributed by atoms with Crippen molar-refractivity contribution < 1.29 is 21.6 Å². The van der Waals surface area contributed by atoms with E-state index in [0.29, 0.717) is 37.4 Å². The van der Waals surface area contributed by atoms with Crippen LogP contribution in [0.5, 0.6) is 0 Å². The van der Waals surface area contributed by atoms with Crippen LogP contribution in [0.2, 0.25) is 0 Å².